The molecule has 32 heavy (non-hydrogen) atoms. The Bertz CT molecular complexity index is 1420. The summed E-state index contributed by atoms with van der Waals surface area (Å²) >= 11 is 5.94. The van der Waals surface area contributed by atoms with Gasteiger partial charge in [0, 0.05) is 19.1 Å². The SMILES string of the molecule is Cn1c(=O)c2c(nc(Oc3ccc(C(F)(F)F)cc3)n2Cc2ccc(Cl)cc2)n(C)c1=O. The Kier molecular flexibility index (Phi) is 5.33. The van der Waals surface area contributed by atoms with Crippen LogP contribution in [0.2, 0.25) is 5.02 Å². The highest BCUT2D eigenvalue weighted by Crippen LogP contribution is 2.32. The fourth-order valence-corrected chi connectivity index (χ4v) is 3.37. The molecule has 7 nitrogen and oxygen atoms in total. The second-order valence-corrected chi connectivity index (χ2v) is 7.55. The number of ether oxygens (including phenoxy) is 1. The maximum absolute atomic E-state index is 12.9. The van der Waals surface area contributed by atoms with Crippen LogP contribution in [0, 0.1) is 0 Å². The molecule has 0 amide bonds. The summed E-state index contributed by atoms with van der Waals surface area (Å²) in [6.45, 7) is 0.150. The Morgan fingerprint density at radius 1 is 0.969 bits per heavy atom. The van der Waals surface area contributed by atoms with Crippen molar-refractivity contribution in [2.24, 2.45) is 14.1 Å². The van der Waals surface area contributed by atoms with Crippen LogP contribution >= 0.6 is 11.6 Å². The number of rotatable bonds is 4. The number of fused-ring (bicyclic) bond motifs is 1. The maximum Gasteiger partial charge on any atom is 0.416 e. The summed E-state index contributed by atoms with van der Waals surface area (Å²) in [6, 6.07) is 10.9. The van der Waals surface area contributed by atoms with E-state index in [9.17, 15) is 22.8 Å². The number of halogens is 4. The predicted octanol–water partition coefficient (Wildman–Crippen LogP) is 3.95. The van der Waals surface area contributed by atoms with E-state index < -0.39 is 23.0 Å². The van der Waals surface area contributed by atoms with Crippen LogP contribution in [0.25, 0.3) is 11.2 Å². The first-order valence-corrected chi connectivity index (χ1v) is 9.70. The van der Waals surface area contributed by atoms with Crippen molar-refractivity contribution in [1.29, 1.82) is 0 Å². The Hall–Kier alpha value is -3.53. The number of hydrogen-bond acceptors (Lipinski definition) is 4. The topological polar surface area (TPSA) is 71.1 Å². The van der Waals surface area contributed by atoms with Crippen LogP contribution in [-0.4, -0.2) is 18.7 Å². The van der Waals surface area contributed by atoms with Gasteiger partial charge in [-0.05, 0) is 42.0 Å². The second-order valence-electron chi connectivity index (χ2n) is 7.11. The van der Waals surface area contributed by atoms with Crippen LogP contribution in [0.1, 0.15) is 11.1 Å². The minimum absolute atomic E-state index is 0.0481. The highest BCUT2D eigenvalue weighted by atomic mass is 35.5. The fourth-order valence-electron chi connectivity index (χ4n) is 3.24. The Morgan fingerprint density at radius 3 is 2.19 bits per heavy atom. The Morgan fingerprint density at radius 2 is 1.59 bits per heavy atom. The highest BCUT2D eigenvalue weighted by molar-refractivity contribution is 6.30. The van der Waals surface area contributed by atoms with E-state index in [0.717, 1.165) is 34.4 Å². The average molecular weight is 465 g/mol. The van der Waals surface area contributed by atoms with Crippen molar-refractivity contribution in [3.05, 3.63) is 85.5 Å². The van der Waals surface area contributed by atoms with Gasteiger partial charge >= 0.3 is 17.9 Å². The van der Waals surface area contributed by atoms with E-state index in [1.807, 2.05) is 0 Å². The van der Waals surface area contributed by atoms with Gasteiger partial charge in [0.05, 0.1) is 12.1 Å². The lowest BCUT2D eigenvalue weighted by Crippen LogP contribution is -2.37. The third-order valence-electron chi connectivity index (χ3n) is 4.96. The summed E-state index contributed by atoms with van der Waals surface area (Å²) < 4.78 is 47.9. The smallest absolute Gasteiger partial charge is 0.416 e. The predicted molar refractivity (Wildman–Crippen MR) is 112 cm³/mol. The van der Waals surface area contributed by atoms with E-state index in [2.05, 4.69) is 4.98 Å². The first-order chi connectivity index (χ1) is 15.1. The summed E-state index contributed by atoms with van der Waals surface area (Å²) in [7, 11) is 2.81. The monoisotopic (exact) mass is 464 g/mol. The molecular weight excluding hydrogens is 449 g/mol. The molecule has 2 aromatic carbocycles. The van der Waals surface area contributed by atoms with Crippen molar-refractivity contribution >= 4 is 22.8 Å². The molecule has 2 aromatic heterocycles. The van der Waals surface area contributed by atoms with Crippen molar-refractivity contribution in [3.63, 3.8) is 0 Å². The third kappa shape index (κ3) is 3.89. The summed E-state index contributed by atoms with van der Waals surface area (Å²) in [6.07, 6.45) is -4.48. The lowest BCUT2D eigenvalue weighted by atomic mass is 10.2. The summed E-state index contributed by atoms with van der Waals surface area (Å²) in [5.41, 5.74) is -0.996. The first kappa shape index (κ1) is 21.7. The van der Waals surface area contributed by atoms with Gasteiger partial charge in [-0.25, -0.2) is 4.79 Å². The minimum atomic E-state index is -4.48. The standard InChI is InChI=1S/C21H16ClF3N4O3/c1-27-17-16(18(30)28(2)20(27)31)29(11-12-3-7-14(22)8-4-12)19(26-17)32-15-9-5-13(6-10-15)21(23,24)25/h3-10H,11H2,1-2H3. The highest BCUT2D eigenvalue weighted by Gasteiger charge is 2.30. The molecule has 0 aliphatic rings. The van der Waals surface area contributed by atoms with Crippen molar-refractivity contribution in [3.8, 4) is 11.8 Å². The lowest BCUT2D eigenvalue weighted by Gasteiger charge is -2.11. The van der Waals surface area contributed by atoms with Crippen molar-refractivity contribution < 1.29 is 17.9 Å². The number of aromatic nitrogens is 4. The Labute approximate surface area is 183 Å². The molecule has 0 saturated carbocycles. The average Bonchev–Trinajstić information content (AvgIpc) is 3.10. The van der Waals surface area contributed by atoms with Crippen LogP contribution in [0.4, 0.5) is 13.2 Å². The zero-order valence-electron chi connectivity index (χ0n) is 16.9. The molecule has 0 unspecified atom stereocenters. The van der Waals surface area contributed by atoms with Gasteiger partial charge in [0.15, 0.2) is 11.2 Å². The molecule has 0 aliphatic carbocycles. The number of hydrogen-bond donors (Lipinski definition) is 0. The fraction of sp³-hybridized carbons (Fsp3) is 0.190. The van der Waals surface area contributed by atoms with Crippen LogP contribution in [0.15, 0.2) is 58.1 Å². The number of nitrogens with zero attached hydrogens (tertiary/aromatic N) is 4. The molecule has 0 radical (unpaired) electrons. The summed E-state index contributed by atoms with van der Waals surface area (Å²) in [5, 5.41) is 0.531. The van der Waals surface area contributed by atoms with Crippen LogP contribution in [-0.2, 0) is 26.8 Å². The first-order valence-electron chi connectivity index (χ1n) is 9.32. The molecule has 0 aliphatic heterocycles. The number of alkyl halides is 3. The number of imidazole rings is 1. The van der Waals surface area contributed by atoms with E-state index in [0.29, 0.717) is 5.02 Å². The summed E-state index contributed by atoms with van der Waals surface area (Å²) in [4.78, 5) is 29.5. The summed E-state index contributed by atoms with van der Waals surface area (Å²) in [5.74, 6) is 0.0903. The van der Waals surface area contributed by atoms with Crippen molar-refractivity contribution in [1.82, 2.24) is 18.7 Å². The molecule has 11 heteroatoms. The van der Waals surface area contributed by atoms with E-state index >= 15 is 0 Å². The molecule has 166 valence electrons. The largest absolute Gasteiger partial charge is 0.425 e. The molecule has 0 N–H and O–H groups in total. The molecule has 4 aromatic rings. The molecule has 2 heterocycles. The molecular formula is C21H16ClF3N4O3. The van der Waals surface area contributed by atoms with Gasteiger partial charge in [-0.3, -0.25) is 18.5 Å². The van der Waals surface area contributed by atoms with Crippen molar-refractivity contribution in [2.45, 2.75) is 12.7 Å². The van der Waals surface area contributed by atoms with Crippen LogP contribution in [0.3, 0.4) is 0 Å². The number of aryl methyl sites for hydroxylation is 1. The molecule has 0 bridgehead atoms. The van der Waals surface area contributed by atoms with E-state index in [1.54, 1.807) is 24.3 Å². The molecule has 0 fully saturated rings. The van der Waals surface area contributed by atoms with Gasteiger partial charge in [0.1, 0.15) is 5.75 Å². The van der Waals surface area contributed by atoms with Gasteiger partial charge in [-0.2, -0.15) is 18.2 Å². The number of benzene rings is 2. The van der Waals surface area contributed by atoms with Gasteiger partial charge in [-0.15, -0.1) is 0 Å². The maximum atomic E-state index is 12.9. The molecule has 0 saturated heterocycles. The van der Waals surface area contributed by atoms with E-state index in [-0.39, 0.29) is 29.5 Å². The van der Waals surface area contributed by atoms with Gasteiger partial charge in [0.2, 0.25) is 0 Å². The Balaban J connectivity index is 1.86. The normalized spacial score (nSPS) is 11.8. The van der Waals surface area contributed by atoms with E-state index in [1.165, 1.54) is 23.2 Å². The van der Waals surface area contributed by atoms with Crippen molar-refractivity contribution in [2.75, 3.05) is 0 Å². The van der Waals surface area contributed by atoms with Gasteiger partial charge in [0.25, 0.3) is 5.56 Å². The van der Waals surface area contributed by atoms with Gasteiger partial charge in [-0.1, -0.05) is 23.7 Å². The van der Waals surface area contributed by atoms with Crippen LogP contribution < -0.4 is 16.0 Å². The molecule has 0 spiro atoms. The minimum Gasteiger partial charge on any atom is -0.425 e. The zero-order valence-corrected chi connectivity index (χ0v) is 17.6. The third-order valence-corrected chi connectivity index (χ3v) is 5.21. The van der Waals surface area contributed by atoms with Gasteiger partial charge < -0.3 is 4.74 Å². The zero-order chi connectivity index (χ0) is 23.2. The molecule has 4 rings (SSSR count). The quantitative estimate of drug-likeness (QED) is 0.458. The second kappa shape index (κ2) is 7.86. The molecule has 0 atom stereocenters. The lowest BCUT2D eigenvalue weighted by molar-refractivity contribution is -0.137. The van der Waals surface area contributed by atoms with E-state index in [4.69, 9.17) is 16.3 Å². The van der Waals surface area contributed by atoms with Crippen LogP contribution in [0.5, 0.6) is 11.8 Å².